The second kappa shape index (κ2) is 6.15. The summed E-state index contributed by atoms with van der Waals surface area (Å²) in [6, 6.07) is 7.38. The van der Waals surface area contributed by atoms with Gasteiger partial charge in [0, 0.05) is 0 Å². The van der Waals surface area contributed by atoms with E-state index in [9.17, 15) is 0 Å². The van der Waals surface area contributed by atoms with Crippen molar-refractivity contribution < 1.29 is 0 Å². The highest BCUT2D eigenvalue weighted by atomic mass is 35.5. The van der Waals surface area contributed by atoms with E-state index in [1.54, 1.807) is 16.7 Å². The van der Waals surface area contributed by atoms with Crippen LogP contribution in [-0.4, -0.2) is 20.5 Å². The van der Waals surface area contributed by atoms with Crippen LogP contribution in [0.1, 0.15) is 5.56 Å². The molecule has 0 saturated carbocycles. The van der Waals surface area contributed by atoms with Gasteiger partial charge in [-0.05, 0) is 17.7 Å². The van der Waals surface area contributed by atoms with E-state index in [0.29, 0.717) is 33.4 Å². The van der Waals surface area contributed by atoms with Gasteiger partial charge in [-0.15, -0.1) is 10.2 Å². The summed E-state index contributed by atoms with van der Waals surface area (Å²) >= 11 is 13.1. The molecule has 0 spiro atoms. The van der Waals surface area contributed by atoms with E-state index >= 15 is 0 Å². The summed E-state index contributed by atoms with van der Waals surface area (Å²) in [6.07, 6.45) is 0. The van der Waals surface area contributed by atoms with Crippen molar-refractivity contribution in [2.45, 2.75) is 11.7 Å². The molecule has 2 aromatic rings. The van der Waals surface area contributed by atoms with E-state index in [1.165, 1.54) is 11.8 Å². The van der Waals surface area contributed by atoms with Crippen molar-refractivity contribution >= 4 is 40.9 Å². The van der Waals surface area contributed by atoms with E-state index < -0.39 is 0 Å². The molecule has 0 atom stereocenters. The lowest BCUT2D eigenvalue weighted by molar-refractivity contribution is 0.717. The number of nitrogens with zero attached hydrogens (tertiary/aromatic N) is 4. The minimum absolute atomic E-state index is 0.291. The Kier molecular flexibility index (Phi) is 4.53. The summed E-state index contributed by atoms with van der Waals surface area (Å²) in [5.41, 5.74) is 6.69. The number of nitrogen functional groups attached to an aromatic ring is 1. The standard InChI is InChI=1S/C11H9Cl2N5S/c12-8-2-1-7(5-9(8)13)6-18-10(15)16-17-11(18)19-4-3-14/h1-2,5H,4,6H2,(H2,15,16). The van der Waals surface area contributed by atoms with Crippen molar-refractivity contribution in [2.75, 3.05) is 11.5 Å². The van der Waals surface area contributed by atoms with Gasteiger partial charge in [0.2, 0.25) is 5.95 Å². The molecule has 0 aliphatic heterocycles. The van der Waals surface area contributed by atoms with Gasteiger partial charge in [-0.2, -0.15) is 5.26 Å². The van der Waals surface area contributed by atoms with Crippen LogP contribution in [0, 0.1) is 11.3 Å². The SMILES string of the molecule is N#CCSc1nnc(N)n1Cc1ccc(Cl)c(Cl)c1. The molecule has 0 fully saturated rings. The van der Waals surface area contributed by atoms with Gasteiger partial charge in [-0.25, -0.2) is 0 Å². The molecule has 0 bridgehead atoms. The normalized spacial score (nSPS) is 10.4. The smallest absolute Gasteiger partial charge is 0.223 e. The van der Waals surface area contributed by atoms with Gasteiger partial charge in [0.25, 0.3) is 0 Å². The van der Waals surface area contributed by atoms with Gasteiger partial charge in [0.15, 0.2) is 5.16 Å². The number of aromatic nitrogens is 3. The maximum absolute atomic E-state index is 8.59. The second-order valence-corrected chi connectivity index (χ2v) is 5.38. The fourth-order valence-corrected chi connectivity index (χ4v) is 2.40. The number of halogens is 2. The molecule has 19 heavy (non-hydrogen) atoms. The number of hydrogen-bond acceptors (Lipinski definition) is 5. The Bertz CT molecular complexity index is 635. The number of rotatable bonds is 4. The fraction of sp³-hybridized carbons (Fsp3) is 0.182. The molecular weight excluding hydrogens is 305 g/mol. The first-order valence-corrected chi connectivity index (χ1v) is 6.98. The van der Waals surface area contributed by atoms with Crippen molar-refractivity contribution in [3.8, 4) is 6.07 Å². The number of thioether (sulfide) groups is 1. The quantitative estimate of drug-likeness (QED) is 0.878. The second-order valence-electron chi connectivity index (χ2n) is 3.62. The molecule has 0 aliphatic rings. The summed E-state index contributed by atoms with van der Waals surface area (Å²) in [5, 5.41) is 17.9. The van der Waals surface area contributed by atoms with Crippen molar-refractivity contribution in [1.29, 1.82) is 5.26 Å². The van der Waals surface area contributed by atoms with Crippen LogP contribution in [0.25, 0.3) is 0 Å². The highest BCUT2D eigenvalue weighted by Crippen LogP contribution is 2.25. The van der Waals surface area contributed by atoms with Gasteiger partial charge in [-0.3, -0.25) is 4.57 Å². The molecule has 98 valence electrons. The lowest BCUT2D eigenvalue weighted by atomic mass is 10.2. The minimum atomic E-state index is 0.291. The molecule has 2 N–H and O–H groups in total. The van der Waals surface area contributed by atoms with Crippen molar-refractivity contribution in [2.24, 2.45) is 0 Å². The molecule has 1 heterocycles. The lowest BCUT2D eigenvalue weighted by Gasteiger charge is -2.08. The van der Waals surface area contributed by atoms with Crippen LogP contribution in [0.3, 0.4) is 0 Å². The third kappa shape index (κ3) is 3.32. The van der Waals surface area contributed by atoms with Crippen LogP contribution in [0.15, 0.2) is 23.4 Å². The molecule has 1 aromatic heterocycles. The number of nitrogens with two attached hydrogens (primary N) is 1. The number of anilines is 1. The molecular formula is C11H9Cl2N5S. The minimum Gasteiger partial charge on any atom is -0.368 e. The first-order chi connectivity index (χ1) is 9.11. The fourth-order valence-electron chi connectivity index (χ4n) is 1.47. The molecule has 0 amide bonds. The number of hydrogen-bond donors (Lipinski definition) is 1. The summed E-state index contributed by atoms with van der Waals surface area (Å²) in [6.45, 7) is 0.476. The maximum Gasteiger partial charge on any atom is 0.223 e. The predicted octanol–water partition coefficient (Wildman–Crippen LogP) is 2.83. The Morgan fingerprint density at radius 3 is 2.79 bits per heavy atom. The van der Waals surface area contributed by atoms with Gasteiger partial charge in [0.05, 0.1) is 28.4 Å². The Hall–Kier alpha value is -1.42. The van der Waals surface area contributed by atoms with E-state index in [2.05, 4.69) is 10.2 Å². The summed E-state index contributed by atoms with van der Waals surface area (Å²) in [7, 11) is 0. The Morgan fingerprint density at radius 1 is 1.32 bits per heavy atom. The van der Waals surface area contributed by atoms with Crippen LogP contribution < -0.4 is 5.73 Å². The third-order valence-corrected chi connectivity index (χ3v) is 3.91. The molecule has 0 aliphatic carbocycles. The number of nitriles is 1. The van der Waals surface area contributed by atoms with E-state index in [4.69, 9.17) is 34.2 Å². The van der Waals surface area contributed by atoms with Gasteiger partial charge >= 0.3 is 0 Å². The largest absolute Gasteiger partial charge is 0.368 e. The Balaban J connectivity index is 2.25. The average Bonchev–Trinajstić information content (AvgIpc) is 2.73. The summed E-state index contributed by atoms with van der Waals surface area (Å²) < 4.78 is 1.72. The zero-order valence-corrected chi connectivity index (χ0v) is 12.0. The van der Waals surface area contributed by atoms with Crippen LogP contribution in [0.2, 0.25) is 10.0 Å². The van der Waals surface area contributed by atoms with E-state index in [0.717, 1.165) is 5.56 Å². The van der Waals surface area contributed by atoms with Crippen LogP contribution in [-0.2, 0) is 6.54 Å². The highest BCUT2D eigenvalue weighted by molar-refractivity contribution is 7.99. The average molecular weight is 314 g/mol. The van der Waals surface area contributed by atoms with Crippen molar-refractivity contribution in [1.82, 2.24) is 14.8 Å². The van der Waals surface area contributed by atoms with E-state index in [-0.39, 0.29) is 0 Å². The molecule has 2 rings (SSSR count). The maximum atomic E-state index is 8.59. The lowest BCUT2D eigenvalue weighted by Crippen LogP contribution is -2.06. The molecule has 8 heteroatoms. The van der Waals surface area contributed by atoms with Crippen molar-refractivity contribution in [3.05, 3.63) is 33.8 Å². The number of benzene rings is 1. The Morgan fingerprint density at radius 2 is 2.11 bits per heavy atom. The summed E-state index contributed by atoms with van der Waals surface area (Å²) in [4.78, 5) is 0. The first kappa shape index (κ1) is 14.0. The molecule has 5 nitrogen and oxygen atoms in total. The molecule has 1 aromatic carbocycles. The van der Waals surface area contributed by atoms with Crippen LogP contribution in [0.5, 0.6) is 0 Å². The third-order valence-electron chi connectivity index (χ3n) is 2.34. The Labute approximate surface area is 124 Å². The molecule has 0 radical (unpaired) electrons. The highest BCUT2D eigenvalue weighted by Gasteiger charge is 2.11. The van der Waals surface area contributed by atoms with Gasteiger partial charge in [-0.1, -0.05) is 41.0 Å². The zero-order chi connectivity index (χ0) is 13.8. The van der Waals surface area contributed by atoms with Gasteiger partial charge < -0.3 is 5.73 Å². The van der Waals surface area contributed by atoms with Crippen LogP contribution >= 0.6 is 35.0 Å². The predicted molar refractivity (Wildman–Crippen MR) is 76.3 cm³/mol. The summed E-state index contributed by atoms with van der Waals surface area (Å²) in [5.74, 6) is 0.589. The van der Waals surface area contributed by atoms with Gasteiger partial charge in [0.1, 0.15) is 0 Å². The van der Waals surface area contributed by atoms with E-state index in [1.807, 2.05) is 12.1 Å². The van der Waals surface area contributed by atoms with Crippen molar-refractivity contribution in [3.63, 3.8) is 0 Å². The first-order valence-electron chi connectivity index (χ1n) is 5.24. The zero-order valence-electron chi connectivity index (χ0n) is 9.68. The molecule has 0 saturated heterocycles. The topological polar surface area (TPSA) is 80.5 Å². The van der Waals surface area contributed by atoms with Crippen LogP contribution in [0.4, 0.5) is 5.95 Å². The monoisotopic (exact) mass is 313 g/mol. The molecule has 0 unspecified atom stereocenters.